The Hall–Kier alpha value is -3.05. The largest absolute Gasteiger partial charge is 0.495 e. The van der Waals surface area contributed by atoms with Crippen molar-refractivity contribution in [2.24, 2.45) is 0 Å². The third-order valence-electron chi connectivity index (χ3n) is 4.04. The van der Waals surface area contributed by atoms with E-state index in [-0.39, 0.29) is 5.91 Å². The number of rotatable bonds is 7. The summed E-state index contributed by atoms with van der Waals surface area (Å²) in [5.74, 6) is 0.569. The zero-order valence-corrected chi connectivity index (χ0v) is 15.7. The molecule has 1 amide bonds. The van der Waals surface area contributed by atoms with E-state index in [1.54, 1.807) is 25.7 Å². The summed E-state index contributed by atoms with van der Waals surface area (Å²) in [4.78, 5) is 16.1. The normalized spacial score (nSPS) is 10.9. The maximum atomic E-state index is 12.0. The van der Waals surface area contributed by atoms with Crippen molar-refractivity contribution in [3.05, 3.63) is 83.4 Å². The molecule has 0 saturated heterocycles. The Labute approximate surface area is 163 Å². The first kappa shape index (κ1) is 18.7. The number of hydrogen-bond acceptors (Lipinski definition) is 3. The van der Waals surface area contributed by atoms with E-state index in [9.17, 15) is 4.79 Å². The Morgan fingerprint density at radius 1 is 1.26 bits per heavy atom. The van der Waals surface area contributed by atoms with Crippen molar-refractivity contribution >= 4 is 23.6 Å². The summed E-state index contributed by atoms with van der Waals surface area (Å²) in [6, 6.07) is 13.3. The number of carbonyl (C=O) groups is 1. The van der Waals surface area contributed by atoms with Gasteiger partial charge in [0, 0.05) is 30.0 Å². The highest BCUT2D eigenvalue weighted by molar-refractivity contribution is 6.30. The van der Waals surface area contributed by atoms with Gasteiger partial charge in [0.15, 0.2) is 0 Å². The van der Waals surface area contributed by atoms with Gasteiger partial charge >= 0.3 is 0 Å². The Morgan fingerprint density at radius 2 is 2.07 bits per heavy atom. The first-order chi connectivity index (χ1) is 13.2. The van der Waals surface area contributed by atoms with Gasteiger partial charge in [0.25, 0.3) is 0 Å². The lowest BCUT2D eigenvalue weighted by Gasteiger charge is -2.09. The molecule has 1 N–H and O–H groups in total. The second-order valence-electron chi connectivity index (χ2n) is 5.90. The summed E-state index contributed by atoms with van der Waals surface area (Å²) in [5.41, 5.74) is 2.90. The number of ether oxygens (including phenoxy) is 1. The van der Waals surface area contributed by atoms with Crippen molar-refractivity contribution in [1.29, 1.82) is 0 Å². The summed E-state index contributed by atoms with van der Waals surface area (Å²) >= 11 is 5.86. The van der Waals surface area contributed by atoms with E-state index >= 15 is 0 Å². The van der Waals surface area contributed by atoms with E-state index in [1.807, 2.05) is 53.2 Å². The van der Waals surface area contributed by atoms with Crippen LogP contribution in [0.5, 0.6) is 5.75 Å². The Bertz CT molecular complexity index is 919. The van der Waals surface area contributed by atoms with Crippen LogP contribution in [0.3, 0.4) is 0 Å². The van der Waals surface area contributed by atoms with Gasteiger partial charge in [-0.25, -0.2) is 4.98 Å². The molecule has 27 heavy (non-hydrogen) atoms. The molecular weight excluding hydrogens is 362 g/mol. The molecule has 0 fully saturated rings. The van der Waals surface area contributed by atoms with E-state index in [0.29, 0.717) is 17.3 Å². The van der Waals surface area contributed by atoms with E-state index in [0.717, 1.165) is 23.2 Å². The number of carbonyl (C=O) groups excluding carboxylic acids is 1. The Kier molecular flexibility index (Phi) is 6.28. The number of methoxy groups -OCH3 is 1. The summed E-state index contributed by atoms with van der Waals surface area (Å²) in [5, 5.41) is 3.58. The van der Waals surface area contributed by atoms with Crippen LogP contribution in [-0.4, -0.2) is 29.1 Å². The maximum absolute atomic E-state index is 12.0. The summed E-state index contributed by atoms with van der Waals surface area (Å²) in [7, 11) is 1.62. The molecule has 0 saturated carbocycles. The van der Waals surface area contributed by atoms with Crippen LogP contribution in [0.2, 0.25) is 5.02 Å². The second-order valence-corrected chi connectivity index (χ2v) is 6.34. The zero-order valence-electron chi connectivity index (χ0n) is 14.9. The maximum Gasteiger partial charge on any atom is 0.244 e. The highest BCUT2D eigenvalue weighted by Crippen LogP contribution is 2.24. The lowest BCUT2D eigenvalue weighted by Crippen LogP contribution is -2.23. The van der Waals surface area contributed by atoms with Gasteiger partial charge in [-0.1, -0.05) is 29.8 Å². The first-order valence-electron chi connectivity index (χ1n) is 8.52. The van der Waals surface area contributed by atoms with Gasteiger partial charge in [0.05, 0.1) is 19.1 Å². The first-order valence-corrected chi connectivity index (χ1v) is 8.90. The van der Waals surface area contributed by atoms with Gasteiger partial charge in [-0.2, -0.15) is 0 Å². The van der Waals surface area contributed by atoms with Gasteiger partial charge in [0.1, 0.15) is 5.75 Å². The fourth-order valence-corrected chi connectivity index (χ4v) is 2.75. The molecular formula is C21H20ClN3O2. The number of halogens is 1. The molecule has 2 aromatic carbocycles. The minimum Gasteiger partial charge on any atom is -0.495 e. The van der Waals surface area contributed by atoms with Gasteiger partial charge in [-0.05, 0) is 47.9 Å². The number of amides is 1. The van der Waals surface area contributed by atoms with Gasteiger partial charge < -0.3 is 14.6 Å². The van der Waals surface area contributed by atoms with Crippen molar-refractivity contribution in [1.82, 2.24) is 14.9 Å². The smallest absolute Gasteiger partial charge is 0.244 e. The molecule has 0 aliphatic carbocycles. The number of hydrogen-bond donors (Lipinski definition) is 1. The molecule has 0 bridgehead atoms. The van der Waals surface area contributed by atoms with Crippen LogP contribution < -0.4 is 10.1 Å². The SMILES string of the molecule is COc1cc(C=CC(=O)NCCc2ccc(Cl)cc2)ccc1-n1ccnc1. The number of aromatic nitrogens is 2. The molecule has 3 rings (SSSR count). The molecule has 3 aromatic rings. The molecule has 0 aliphatic heterocycles. The molecule has 0 unspecified atom stereocenters. The zero-order chi connectivity index (χ0) is 19.1. The lowest BCUT2D eigenvalue weighted by molar-refractivity contribution is -0.116. The van der Waals surface area contributed by atoms with Crippen LogP contribution in [0, 0.1) is 0 Å². The monoisotopic (exact) mass is 381 g/mol. The van der Waals surface area contributed by atoms with Crippen LogP contribution in [-0.2, 0) is 11.2 Å². The molecule has 0 radical (unpaired) electrons. The quantitative estimate of drug-likeness (QED) is 0.631. The van der Waals surface area contributed by atoms with E-state index in [1.165, 1.54) is 6.08 Å². The van der Waals surface area contributed by atoms with Crippen molar-refractivity contribution in [3.63, 3.8) is 0 Å². The average molecular weight is 382 g/mol. The number of nitrogens with zero attached hydrogens (tertiary/aromatic N) is 2. The van der Waals surface area contributed by atoms with E-state index in [2.05, 4.69) is 10.3 Å². The predicted octanol–water partition coefficient (Wildman–Crippen LogP) is 3.91. The molecule has 1 heterocycles. The number of nitrogens with one attached hydrogen (secondary N) is 1. The minimum absolute atomic E-state index is 0.137. The summed E-state index contributed by atoms with van der Waals surface area (Å²) in [6.07, 6.45) is 9.31. The van der Waals surface area contributed by atoms with Crippen molar-refractivity contribution in [2.45, 2.75) is 6.42 Å². The number of imidazole rings is 1. The van der Waals surface area contributed by atoms with Crippen LogP contribution >= 0.6 is 11.6 Å². The van der Waals surface area contributed by atoms with Crippen molar-refractivity contribution in [3.8, 4) is 11.4 Å². The Morgan fingerprint density at radius 3 is 2.78 bits per heavy atom. The van der Waals surface area contributed by atoms with Crippen LogP contribution in [0.15, 0.2) is 67.3 Å². The molecule has 0 atom stereocenters. The lowest BCUT2D eigenvalue weighted by atomic mass is 10.1. The van der Waals surface area contributed by atoms with Gasteiger partial charge in [-0.3, -0.25) is 4.79 Å². The van der Waals surface area contributed by atoms with Gasteiger partial charge in [-0.15, -0.1) is 0 Å². The van der Waals surface area contributed by atoms with Crippen LogP contribution in [0.1, 0.15) is 11.1 Å². The molecule has 0 spiro atoms. The van der Waals surface area contributed by atoms with E-state index < -0.39 is 0 Å². The van der Waals surface area contributed by atoms with Crippen molar-refractivity contribution < 1.29 is 9.53 Å². The fraction of sp³-hybridized carbons (Fsp3) is 0.143. The van der Waals surface area contributed by atoms with Crippen molar-refractivity contribution in [2.75, 3.05) is 13.7 Å². The fourth-order valence-electron chi connectivity index (χ4n) is 2.62. The summed E-state index contributed by atoms with van der Waals surface area (Å²) in [6.45, 7) is 0.563. The molecule has 1 aromatic heterocycles. The highest BCUT2D eigenvalue weighted by atomic mass is 35.5. The third kappa shape index (κ3) is 5.21. The number of benzene rings is 2. The molecule has 138 valence electrons. The standard InChI is InChI=1S/C21H20ClN3O2/c1-27-20-14-17(4-8-19(20)25-13-12-23-15-25)5-9-21(26)24-11-10-16-2-6-18(22)7-3-16/h2-9,12-15H,10-11H2,1H3,(H,24,26). The molecule has 0 aliphatic rings. The third-order valence-corrected chi connectivity index (χ3v) is 4.29. The van der Waals surface area contributed by atoms with Gasteiger partial charge in [0.2, 0.25) is 5.91 Å². The molecule has 6 heteroatoms. The minimum atomic E-state index is -0.137. The summed E-state index contributed by atoms with van der Waals surface area (Å²) < 4.78 is 7.32. The topological polar surface area (TPSA) is 56.1 Å². The predicted molar refractivity (Wildman–Crippen MR) is 107 cm³/mol. The highest BCUT2D eigenvalue weighted by Gasteiger charge is 2.05. The second kappa shape index (κ2) is 9.05. The van der Waals surface area contributed by atoms with E-state index in [4.69, 9.17) is 16.3 Å². The molecule has 5 nitrogen and oxygen atoms in total. The van der Waals surface area contributed by atoms with Crippen LogP contribution in [0.25, 0.3) is 11.8 Å². The average Bonchev–Trinajstić information content (AvgIpc) is 3.22. The Balaban J connectivity index is 1.56. The van der Waals surface area contributed by atoms with Crippen LogP contribution in [0.4, 0.5) is 0 Å².